The summed E-state index contributed by atoms with van der Waals surface area (Å²) in [4.78, 5) is 16.5. The van der Waals surface area contributed by atoms with Crippen LogP contribution >= 0.6 is 0 Å². The van der Waals surface area contributed by atoms with Gasteiger partial charge in [-0.15, -0.1) is 0 Å². The zero-order chi connectivity index (χ0) is 20.4. The standard InChI is InChI=1S/C23H19F3N2O/c24-23(25,26)18-5-3-17(4-6-18)20-14-21(20)22(29)28-19-7-1-15(2-8-19)13-16-9-11-27-12-10-16/h1-12,20-21H,13-14H2,(H,28,29). The molecule has 2 unspecified atom stereocenters. The zero-order valence-electron chi connectivity index (χ0n) is 15.5. The van der Waals surface area contributed by atoms with E-state index in [9.17, 15) is 18.0 Å². The third-order valence-electron chi connectivity index (χ3n) is 5.17. The Bertz CT molecular complexity index is 983. The van der Waals surface area contributed by atoms with Crippen LogP contribution in [-0.4, -0.2) is 10.9 Å². The minimum Gasteiger partial charge on any atom is -0.326 e. The average molecular weight is 396 g/mol. The molecule has 0 bridgehead atoms. The van der Waals surface area contributed by atoms with Crippen molar-refractivity contribution in [3.8, 4) is 0 Å². The highest BCUT2D eigenvalue weighted by Crippen LogP contribution is 2.48. The molecule has 0 radical (unpaired) electrons. The maximum atomic E-state index is 12.7. The predicted octanol–water partition coefficient (Wildman–Crippen LogP) is 5.43. The number of amides is 1. The zero-order valence-corrected chi connectivity index (χ0v) is 15.5. The summed E-state index contributed by atoms with van der Waals surface area (Å²) in [6.45, 7) is 0. The van der Waals surface area contributed by atoms with E-state index in [0.29, 0.717) is 12.1 Å². The van der Waals surface area contributed by atoms with Crippen LogP contribution in [0.5, 0.6) is 0 Å². The first kappa shape index (κ1) is 19.2. The third-order valence-corrected chi connectivity index (χ3v) is 5.17. The van der Waals surface area contributed by atoms with Crippen molar-refractivity contribution < 1.29 is 18.0 Å². The molecule has 2 atom stereocenters. The Labute approximate surface area is 166 Å². The summed E-state index contributed by atoms with van der Waals surface area (Å²) in [6, 6.07) is 16.7. The van der Waals surface area contributed by atoms with Crippen LogP contribution in [0.3, 0.4) is 0 Å². The fourth-order valence-electron chi connectivity index (χ4n) is 3.45. The van der Waals surface area contributed by atoms with Crippen molar-refractivity contribution in [3.63, 3.8) is 0 Å². The number of pyridine rings is 1. The van der Waals surface area contributed by atoms with Crippen LogP contribution in [0.2, 0.25) is 0 Å². The molecular weight excluding hydrogens is 377 g/mol. The molecule has 1 amide bonds. The fourth-order valence-corrected chi connectivity index (χ4v) is 3.45. The van der Waals surface area contributed by atoms with Crippen molar-refractivity contribution in [2.24, 2.45) is 5.92 Å². The maximum absolute atomic E-state index is 12.7. The van der Waals surface area contributed by atoms with Gasteiger partial charge in [-0.1, -0.05) is 24.3 Å². The molecule has 1 aliphatic rings. The molecule has 3 aromatic rings. The van der Waals surface area contributed by atoms with Crippen LogP contribution in [0.1, 0.15) is 34.6 Å². The monoisotopic (exact) mass is 396 g/mol. The first-order chi connectivity index (χ1) is 13.9. The van der Waals surface area contributed by atoms with E-state index < -0.39 is 11.7 Å². The van der Waals surface area contributed by atoms with Crippen molar-refractivity contribution in [3.05, 3.63) is 95.3 Å². The average Bonchev–Trinajstić information content (AvgIpc) is 3.51. The first-order valence-corrected chi connectivity index (χ1v) is 9.36. The van der Waals surface area contributed by atoms with Gasteiger partial charge >= 0.3 is 6.18 Å². The van der Waals surface area contributed by atoms with Crippen molar-refractivity contribution in [1.82, 2.24) is 4.98 Å². The van der Waals surface area contributed by atoms with Crippen LogP contribution in [0.4, 0.5) is 18.9 Å². The van der Waals surface area contributed by atoms with Crippen molar-refractivity contribution in [2.45, 2.75) is 24.9 Å². The van der Waals surface area contributed by atoms with Gasteiger partial charge in [0.25, 0.3) is 0 Å². The summed E-state index contributed by atoms with van der Waals surface area (Å²) in [5.41, 5.74) is 3.10. The highest BCUT2D eigenvalue weighted by Gasteiger charge is 2.44. The first-order valence-electron chi connectivity index (χ1n) is 9.36. The number of anilines is 1. The van der Waals surface area contributed by atoms with E-state index in [1.165, 1.54) is 12.1 Å². The van der Waals surface area contributed by atoms with Gasteiger partial charge in [-0.3, -0.25) is 9.78 Å². The molecule has 3 nitrogen and oxygen atoms in total. The second kappa shape index (κ2) is 7.70. The lowest BCUT2D eigenvalue weighted by molar-refractivity contribution is -0.137. The normalized spacial score (nSPS) is 18.3. The van der Waals surface area contributed by atoms with Gasteiger partial charge in [0.15, 0.2) is 0 Å². The molecule has 1 N–H and O–H groups in total. The Morgan fingerprint density at radius 2 is 1.55 bits per heavy atom. The number of benzene rings is 2. The Balaban J connectivity index is 1.33. The lowest BCUT2D eigenvalue weighted by Crippen LogP contribution is -2.14. The molecule has 1 aliphatic carbocycles. The van der Waals surface area contributed by atoms with Gasteiger partial charge in [0.2, 0.25) is 5.91 Å². The molecular formula is C23H19F3N2O. The van der Waals surface area contributed by atoms with E-state index in [2.05, 4.69) is 10.3 Å². The number of nitrogens with one attached hydrogen (secondary N) is 1. The van der Waals surface area contributed by atoms with E-state index in [0.717, 1.165) is 35.2 Å². The van der Waals surface area contributed by atoms with E-state index in [-0.39, 0.29) is 17.7 Å². The number of carbonyl (C=O) groups is 1. The molecule has 0 spiro atoms. The van der Waals surface area contributed by atoms with Gasteiger partial charge in [-0.2, -0.15) is 13.2 Å². The molecule has 6 heteroatoms. The minimum atomic E-state index is -4.34. The Morgan fingerprint density at radius 3 is 2.17 bits per heavy atom. The van der Waals surface area contributed by atoms with Crippen LogP contribution in [0, 0.1) is 5.92 Å². The van der Waals surface area contributed by atoms with Crippen molar-refractivity contribution in [2.75, 3.05) is 5.32 Å². The molecule has 1 saturated carbocycles. The van der Waals surface area contributed by atoms with Crippen LogP contribution in [-0.2, 0) is 17.4 Å². The second-order valence-electron chi connectivity index (χ2n) is 7.29. The molecule has 2 aromatic carbocycles. The van der Waals surface area contributed by atoms with Gasteiger partial charge in [0.1, 0.15) is 0 Å². The smallest absolute Gasteiger partial charge is 0.326 e. The summed E-state index contributed by atoms with van der Waals surface area (Å²) in [5.74, 6) is -0.330. The molecule has 1 heterocycles. The van der Waals surface area contributed by atoms with Crippen molar-refractivity contribution in [1.29, 1.82) is 0 Å². The number of nitrogens with zero attached hydrogens (tertiary/aromatic N) is 1. The van der Waals surface area contributed by atoms with E-state index in [1.807, 2.05) is 36.4 Å². The number of hydrogen-bond donors (Lipinski definition) is 1. The SMILES string of the molecule is O=C(Nc1ccc(Cc2ccncc2)cc1)C1CC1c1ccc(C(F)(F)F)cc1. The Kier molecular flexibility index (Phi) is 5.09. The van der Waals surface area contributed by atoms with Crippen LogP contribution in [0.25, 0.3) is 0 Å². The van der Waals surface area contributed by atoms with E-state index >= 15 is 0 Å². The third kappa shape index (κ3) is 4.65. The number of hydrogen-bond acceptors (Lipinski definition) is 2. The lowest BCUT2D eigenvalue weighted by atomic mass is 10.1. The van der Waals surface area contributed by atoms with Gasteiger partial charge in [0, 0.05) is 24.0 Å². The highest BCUT2D eigenvalue weighted by atomic mass is 19.4. The van der Waals surface area contributed by atoms with Crippen molar-refractivity contribution >= 4 is 11.6 Å². The number of rotatable bonds is 5. The topological polar surface area (TPSA) is 42.0 Å². The fraction of sp³-hybridized carbons (Fsp3) is 0.217. The number of alkyl halides is 3. The highest BCUT2D eigenvalue weighted by molar-refractivity contribution is 5.95. The van der Waals surface area contributed by atoms with Crippen LogP contribution in [0.15, 0.2) is 73.1 Å². The quantitative estimate of drug-likeness (QED) is 0.625. The number of halogens is 3. The maximum Gasteiger partial charge on any atom is 0.416 e. The van der Waals surface area contributed by atoms with E-state index in [4.69, 9.17) is 0 Å². The van der Waals surface area contributed by atoms with Gasteiger partial charge < -0.3 is 5.32 Å². The van der Waals surface area contributed by atoms with Gasteiger partial charge in [-0.25, -0.2) is 0 Å². The lowest BCUT2D eigenvalue weighted by Gasteiger charge is -2.08. The Morgan fingerprint density at radius 1 is 0.931 bits per heavy atom. The van der Waals surface area contributed by atoms with E-state index in [1.54, 1.807) is 12.4 Å². The molecule has 1 fully saturated rings. The minimum absolute atomic E-state index is 0.0248. The summed E-state index contributed by atoms with van der Waals surface area (Å²) >= 11 is 0. The molecule has 0 saturated heterocycles. The molecule has 1 aromatic heterocycles. The summed E-state index contributed by atoms with van der Waals surface area (Å²) in [6.07, 6.45) is 0.606. The summed E-state index contributed by atoms with van der Waals surface area (Å²) in [7, 11) is 0. The van der Waals surface area contributed by atoms with Gasteiger partial charge in [0.05, 0.1) is 5.56 Å². The molecule has 29 heavy (non-hydrogen) atoms. The summed E-state index contributed by atoms with van der Waals surface area (Å²) < 4.78 is 38.0. The second-order valence-corrected chi connectivity index (χ2v) is 7.29. The molecule has 0 aliphatic heterocycles. The largest absolute Gasteiger partial charge is 0.416 e. The number of carbonyl (C=O) groups excluding carboxylic acids is 1. The number of aromatic nitrogens is 1. The summed E-state index contributed by atoms with van der Waals surface area (Å²) in [5, 5.41) is 2.90. The molecule has 148 valence electrons. The predicted molar refractivity (Wildman–Crippen MR) is 104 cm³/mol. The Hall–Kier alpha value is -3.15. The van der Waals surface area contributed by atoms with Crippen LogP contribution < -0.4 is 5.32 Å². The van der Waals surface area contributed by atoms with Gasteiger partial charge in [-0.05, 0) is 71.8 Å². The molecule has 4 rings (SSSR count).